The Bertz CT molecular complexity index is 1210. The SMILES string of the molecule is COc1ccc2nc(C3CCCN3C(=O)c3c(C)cccc3-n3nccn3)[nH]c2c1. The molecule has 1 fully saturated rings. The molecule has 2 aromatic carbocycles. The number of imidazole rings is 1. The zero-order valence-corrected chi connectivity index (χ0v) is 16.9. The minimum atomic E-state index is -0.103. The molecule has 1 atom stereocenters. The number of fused-ring (bicyclic) bond motifs is 1. The smallest absolute Gasteiger partial charge is 0.257 e. The standard InChI is InChI=1S/C22H22N6O2/c1-14-5-3-6-18(28-23-10-11-24-28)20(14)22(29)27-12-4-7-19(27)21-25-16-9-8-15(30-2)13-17(16)26-21/h3,5-6,8-11,13,19H,4,7,12H2,1-2H3,(H,25,26). The molecule has 0 radical (unpaired) electrons. The molecule has 1 aliphatic rings. The lowest BCUT2D eigenvalue weighted by Crippen LogP contribution is -2.32. The van der Waals surface area contributed by atoms with Crippen LogP contribution in [0.2, 0.25) is 0 Å². The van der Waals surface area contributed by atoms with Gasteiger partial charge in [0.25, 0.3) is 5.91 Å². The van der Waals surface area contributed by atoms with Gasteiger partial charge in [-0.15, -0.1) is 0 Å². The van der Waals surface area contributed by atoms with Crippen molar-refractivity contribution >= 4 is 16.9 Å². The van der Waals surface area contributed by atoms with E-state index in [9.17, 15) is 4.79 Å². The number of rotatable bonds is 4. The van der Waals surface area contributed by atoms with Crippen LogP contribution in [0.15, 0.2) is 48.8 Å². The minimum Gasteiger partial charge on any atom is -0.497 e. The Hall–Kier alpha value is -3.68. The Kier molecular flexibility index (Phi) is 4.46. The second-order valence-electron chi connectivity index (χ2n) is 7.45. The molecule has 0 bridgehead atoms. The maximum atomic E-state index is 13.7. The van der Waals surface area contributed by atoms with Crippen LogP contribution >= 0.6 is 0 Å². The number of hydrogen-bond acceptors (Lipinski definition) is 5. The number of nitrogens with one attached hydrogen (secondary N) is 1. The summed E-state index contributed by atoms with van der Waals surface area (Å²) in [6.07, 6.45) is 5.01. The molecule has 1 unspecified atom stereocenters. The topological polar surface area (TPSA) is 88.9 Å². The average molecular weight is 402 g/mol. The van der Waals surface area contributed by atoms with Gasteiger partial charge in [-0.25, -0.2) is 4.98 Å². The van der Waals surface area contributed by atoms with Gasteiger partial charge in [0.2, 0.25) is 0 Å². The van der Waals surface area contributed by atoms with Crippen LogP contribution in [0, 0.1) is 6.92 Å². The van der Waals surface area contributed by atoms with E-state index in [1.807, 2.05) is 48.2 Å². The lowest BCUT2D eigenvalue weighted by molar-refractivity contribution is 0.0729. The first kappa shape index (κ1) is 18.4. The highest BCUT2D eigenvalue weighted by molar-refractivity contribution is 5.99. The van der Waals surface area contributed by atoms with Crippen molar-refractivity contribution in [2.45, 2.75) is 25.8 Å². The molecule has 5 rings (SSSR count). The van der Waals surface area contributed by atoms with Gasteiger partial charge in [-0.1, -0.05) is 12.1 Å². The van der Waals surface area contributed by atoms with Gasteiger partial charge in [0, 0.05) is 12.6 Å². The Morgan fingerprint density at radius 2 is 2.03 bits per heavy atom. The van der Waals surface area contributed by atoms with Crippen molar-refractivity contribution in [3.8, 4) is 11.4 Å². The number of H-pyrrole nitrogens is 1. The zero-order chi connectivity index (χ0) is 20.7. The summed E-state index contributed by atoms with van der Waals surface area (Å²) >= 11 is 0. The fraction of sp³-hybridized carbons (Fsp3) is 0.273. The van der Waals surface area contributed by atoms with Crippen LogP contribution in [-0.4, -0.2) is 49.4 Å². The van der Waals surface area contributed by atoms with Crippen molar-refractivity contribution < 1.29 is 9.53 Å². The largest absolute Gasteiger partial charge is 0.497 e. The molecule has 4 aromatic rings. The highest BCUT2D eigenvalue weighted by Crippen LogP contribution is 2.34. The van der Waals surface area contributed by atoms with Gasteiger partial charge in [-0.2, -0.15) is 15.0 Å². The predicted octanol–water partition coefficient (Wildman–Crippen LogP) is 3.44. The summed E-state index contributed by atoms with van der Waals surface area (Å²) in [6.45, 7) is 2.63. The van der Waals surface area contributed by atoms with Crippen molar-refractivity contribution in [3.05, 3.63) is 65.7 Å². The van der Waals surface area contributed by atoms with Gasteiger partial charge in [0.05, 0.1) is 47.8 Å². The summed E-state index contributed by atoms with van der Waals surface area (Å²) in [6, 6.07) is 11.4. The number of carbonyl (C=O) groups excluding carboxylic acids is 1. The molecule has 3 heterocycles. The van der Waals surface area contributed by atoms with Crippen molar-refractivity contribution in [2.75, 3.05) is 13.7 Å². The van der Waals surface area contributed by atoms with Crippen molar-refractivity contribution in [1.29, 1.82) is 0 Å². The maximum Gasteiger partial charge on any atom is 0.257 e. The lowest BCUT2D eigenvalue weighted by Gasteiger charge is -2.25. The number of amides is 1. The van der Waals surface area contributed by atoms with Crippen LogP contribution < -0.4 is 4.74 Å². The highest BCUT2D eigenvalue weighted by Gasteiger charge is 2.34. The Labute approximate surface area is 173 Å². The summed E-state index contributed by atoms with van der Waals surface area (Å²) in [5.41, 5.74) is 3.97. The molecule has 2 aromatic heterocycles. The quantitative estimate of drug-likeness (QED) is 0.565. The summed E-state index contributed by atoms with van der Waals surface area (Å²) in [4.78, 5) is 25.2. The van der Waals surface area contributed by atoms with Crippen molar-refractivity contribution in [3.63, 3.8) is 0 Å². The van der Waals surface area contributed by atoms with E-state index < -0.39 is 0 Å². The molecule has 1 saturated heterocycles. The van der Waals surface area contributed by atoms with Crippen LogP contribution in [0.3, 0.4) is 0 Å². The minimum absolute atomic E-state index is 0.0269. The molecule has 0 saturated carbocycles. The second-order valence-corrected chi connectivity index (χ2v) is 7.45. The third-order valence-corrected chi connectivity index (χ3v) is 5.64. The zero-order valence-electron chi connectivity index (χ0n) is 16.9. The van der Waals surface area contributed by atoms with E-state index in [1.165, 1.54) is 4.80 Å². The summed E-state index contributed by atoms with van der Waals surface area (Å²) in [5, 5.41) is 8.45. The van der Waals surface area contributed by atoms with Gasteiger partial charge in [0.1, 0.15) is 11.6 Å². The lowest BCUT2D eigenvalue weighted by atomic mass is 10.0. The summed E-state index contributed by atoms with van der Waals surface area (Å²) in [7, 11) is 1.64. The van der Waals surface area contributed by atoms with E-state index >= 15 is 0 Å². The number of nitrogens with zero attached hydrogens (tertiary/aromatic N) is 5. The van der Waals surface area contributed by atoms with Gasteiger partial charge >= 0.3 is 0 Å². The molecule has 8 heteroatoms. The number of ether oxygens (including phenoxy) is 1. The van der Waals surface area contributed by atoms with Gasteiger partial charge < -0.3 is 14.6 Å². The van der Waals surface area contributed by atoms with Crippen LogP contribution in [0.4, 0.5) is 0 Å². The molecule has 1 N–H and O–H groups in total. The fourth-order valence-corrected chi connectivity index (χ4v) is 4.17. The fourth-order valence-electron chi connectivity index (χ4n) is 4.17. The number of methoxy groups -OCH3 is 1. The van der Waals surface area contributed by atoms with Crippen molar-refractivity contribution in [1.82, 2.24) is 29.9 Å². The number of aromatic amines is 1. The first-order chi connectivity index (χ1) is 14.7. The van der Waals surface area contributed by atoms with E-state index in [0.717, 1.165) is 41.0 Å². The number of benzene rings is 2. The van der Waals surface area contributed by atoms with Crippen LogP contribution in [-0.2, 0) is 0 Å². The molecule has 152 valence electrons. The van der Waals surface area contributed by atoms with E-state index in [-0.39, 0.29) is 11.9 Å². The third-order valence-electron chi connectivity index (χ3n) is 5.64. The molecule has 0 aliphatic carbocycles. The number of likely N-dealkylation sites (tertiary alicyclic amines) is 1. The number of hydrogen-bond donors (Lipinski definition) is 1. The Morgan fingerprint density at radius 1 is 1.20 bits per heavy atom. The molecule has 8 nitrogen and oxygen atoms in total. The highest BCUT2D eigenvalue weighted by atomic mass is 16.5. The Morgan fingerprint density at radius 3 is 2.83 bits per heavy atom. The van der Waals surface area contributed by atoms with Crippen LogP contribution in [0.25, 0.3) is 16.7 Å². The third kappa shape index (κ3) is 3.01. The summed E-state index contributed by atoms with van der Waals surface area (Å²) < 4.78 is 5.31. The monoisotopic (exact) mass is 402 g/mol. The number of aryl methyl sites for hydroxylation is 1. The maximum absolute atomic E-state index is 13.7. The molecule has 0 spiro atoms. The van der Waals surface area contributed by atoms with E-state index in [0.29, 0.717) is 17.8 Å². The molecule has 30 heavy (non-hydrogen) atoms. The number of aromatic nitrogens is 5. The first-order valence-corrected chi connectivity index (χ1v) is 9.96. The Balaban J connectivity index is 1.53. The first-order valence-electron chi connectivity index (χ1n) is 9.96. The van der Waals surface area contributed by atoms with E-state index in [4.69, 9.17) is 9.72 Å². The van der Waals surface area contributed by atoms with Crippen molar-refractivity contribution in [2.24, 2.45) is 0 Å². The van der Waals surface area contributed by atoms with Gasteiger partial charge in [-0.05, 0) is 43.5 Å². The van der Waals surface area contributed by atoms with Crippen LogP contribution in [0.5, 0.6) is 5.75 Å². The van der Waals surface area contributed by atoms with Crippen LogP contribution in [0.1, 0.15) is 40.6 Å². The van der Waals surface area contributed by atoms with E-state index in [1.54, 1.807) is 19.5 Å². The molecular weight excluding hydrogens is 380 g/mol. The van der Waals surface area contributed by atoms with Gasteiger partial charge in [-0.3, -0.25) is 4.79 Å². The normalized spacial score (nSPS) is 16.3. The van der Waals surface area contributed by atoms with E-state index in [2.05, 4.69) is 15.2 Å². The molecular formula is C22H22N6O2. The average Bonchev–Trinajstić information content (AvgIpc) is 3.52. The summed E-state index contributed by atoms with van der Waals surface area (Å²) in [5.74, 6) is 1.55. The van der Waals surface area contributed by atoms with Gasteiger partial charge in [0.15, 0.2) is 0 Å². The molecule has 1 aliphatic heterocycles. The predicted molar refractivity (Wildman–Crippen MR) is 112 cm³/mol. The second kappa shape index (κ2) is 7.29. The molecule has 1 amide bonds. The number of carbonyl (C=O) groups is 1.